The summed E-state index contributed by atoms with van der Waals surface area (Å²) in [5.41, 5.74) is 0.170. The molecule has 0 unspecified atom stereocenters. The fourth-order valence-corrected chi connectivity index (χ4v) is 5.15. The highest BCUT2D eigenvalue weighted by atomic mass is 16.4. The van der Waals surface area contributed by atoms with Crippen LogP contribution in [0.5, 0.6) is 0 Å². The highest BCUT2D eigenvalue weighted by molar-refractivity contribution is 5.84. The molecule has 1 aromatic heterocycles. The van der Waals surface area contributed by atoms with Crippen LogP contribution in [0.1, 0.15) is 42.6 Å². The molecule has 102 valence electrons. The Labute approximate surface area is 112 Å². The second-order valence-electron chi connectivity index (χ2n) is 6.86. The molecule has 1 N–H and O–H groups in total. The third-order valence-corrected chi connectivity index (χ3v) is 5.70. The van der Waals surface area contributed by atoms with Crippen LogP contribution in [0.3, 0.4) is 0 Å². The van der Waals surface area contributed by atoms with E-state index in [0.29, 0.717) is 0 Å². The normalized spacial score (nSPS) is 39.7. The molecule has 5 rings (SSSR count). The number of carboxylic acids is 1. The van der Waals surface area contributed by atoms with E-state index in [9.17, 15) is 4.79 Å². The van der Waals surface area contributed by atoms with Crippen molar-refractivity contribution in [1.82, 2.24) is 9.55 Å². The fourth-order valence-electron chi connectivity index (χ4n) is 5.15. The first-order chi connectivity index (χ1) is 9.19. The van der Waals surface area contributed by atoms with Crippen LogP contribution in [0.25, 0.3) is 0 Å². The van der Waals surface area contributed by atoms with Gasteiger partial charge in [0.1, 0.15) is 0 Å². The number of aromatic carboxylic acids is 1. The number of hydrogen-bond donors (Lipinski definition) is 1. The number of carbonyl (C=O) groups is 1. The molecular weight excluding hydrogens is 240 g/mol. The van der Waals surface area contributed by atoms with Gasteiger partial charge < -0.3 is 9.67 Å². The van der Waals surface area contributed by atoms with Gasteiger partial charge in [-0.05, 0) is 61.7 Å². The second-order valence-corrected chi connectivity index (χ2v) is 6.86. The zero-order valence-corrected chi connectivity index (χ0v) is 11.0. The van der Waals surface area contributed by atoms with Crippen molar-refractivity contribution in [3.63, 3.8) is 0 Å². The molecule has 4 aliphatic carbocycles. The van der Waals surface area contributed by atoms with Crippen molar-refractivity contribution in [2.45, 2.75) is 38.6 Å². The van der Waals surface area contributed by atoms with Crippen molar-refractivity contribution in [2.75, 3.05) is 0 Å². The molecule has 1 aromatic rings. The SMILES string of the molecule is O=C(O)c1cn(CC2C3CC4CC(C3)CC2C4)cn1. The lowest BCUT2D eigenvalue weighted by Gasteiger charge is -2.54. The maximum Gasteiger partial charge on any atom is 0.356 e. The minimum atomic E-state index is -0.927. The van der Waals surface area contributed by atoms with Crippen LogP contribution in [0.4, 0.5) is 0 Å². The van der Waals surface area contributed by atoms with Gasteiger partial charge in [-0.15, -0.1) is 0 Å². The first kappa shape index (κ1) is 11.5. The molecule has 4 fully saturated rings. The largest absolute Gasteiger partial charge is 0.476 e. The van der Waals surface area contributed by atoms with E-state index in [1.165, 1.54) is 32.1 Å². The summed E-state index contributed by atoms with van der Waals surface area (Å²) in [4.78, 5) is 14.8. The Morgan fingerprint density at radius 1 is 1.21 bits per heavy atom. The van der Waals surface area contributed by atoms with E-state index < -0.39 is 5.97 Å². The van der Waals surface area contributed by atoms with Crippen LogP contribution in [-0.2, 0) is 6.54 Å². The third kappa shape index (κ3) is 1.88. The monoisotopic (exact) mass is 260 g/mol. The minimum Gasteiger partial charge on any atom is -0.476 e. The number of hydrogen-bond acceptors (Lipinski definition) is 2. The van der Waals surface area contributed by atoms with Crippen LogP contribution < -0.4 is 0 Å². The van der Waals surface area contributed by atoms with E-state index in [0.717, 1.165) is 36.1 Å². The van der Waals surface area contributed by atoms with E-state index in [-0.39, 0.29) is 5.69 Å². The van der Waals surface area contributed by atoms with Gasteiger partial charge in [0.25, 0.3) is 0 Å². The van der Waals surface area contributed by atoms with Gasteiger partial charge in [0, 0.05) is 12.7 Å². The Hall–Kier alpha value is -1.32. The number of nitrogens with zero attached hydrogens (tertiary/aromatic N) is 2. The Morgan fingerprint density at radius 2 is 1.84 bits per heavy atom. The van der Waals surface area contributed by atoms with E-state index >= 15 is 0 Å². The van der Waals surface area contributed by atoms with Crippen molar-refractivity contribution in [3.8, 4) is 0 Å². The summed E-state index contributed by atoms with van der Waals surface area (Å²) in [6.45, 7) is 0.967. The van der Waals surface area contributed by atoms with Crippen molar-refractivity contribution in [3.05, 3.63) is 18.2 Å². The van der Waals surface area contributed by atoms with Gasteiger partial charge in [-0.2, -0.15) is 0 Å². The van der Waals surface area contributed by atoms with Gasteiger partial charge in [-0.25, -0.2) is 9.78 Å². The minimum absolute atomic E-state index is 0.170. The molecule has 4 saturated carbocycles. The van der Waals surface area contributed by atoms with Crippen LogP contribution in [0, 0.1) is 29.6 Å². The van der Waals surface area contributed by atoms with Crippen LogP contribution in [0.15, 0.2) is 12.5 Å². The first-order valence-corrected chi connectivity index (χ1v) is 7.44. The summed E-state index contributed by atoms with van der Waals surface area (Å²) in [6, 6.07) is 0. The average Bonchev–Trinajstić information content (AvgIpc) is 2.81. The van der Waals surface area contributed by atoms with Crippen LogP contribution in [0.2, 0.25) is 0 Å². The summed E-state index contributed by atoms with van der Waals surface area (Å²) in [6.07, 6.45) is 10.5. The number of imidazole rings is 1. The van der Waals surface area contributed by atoms with Crippen molar-refractivity contribution < 1.29 is 9.90 Å². The Bertz CT molecular complexity index is 480. The average molecular weight is 260 g/mol. The molecule has 4 nitrogen and oxygen atoms in total. The number of carboxylic acid groups (broad SMARTS) is 1. The predicted molar refractivity (Wildman–Crippen MR) is 69.7 cm³/mol. The molecule has 4 heteroatoms. The molecule has 4 aliphatic rings. The maximum absolute atomic E-state index is 10.9. The van der Waals surface area contributed by atoms with Crippen molar-refractivity contribution in [1.29, 1.82) is 0 Å². The maximum atomic E-state index is 10.9. The van der Waals surface area contributed by atoms with Gasteiger partial charge in [-0.1, -0.05) is 0 Å². The van der Waals surface area contributed by atoms with Gasteiger partial charge in [0.05, 0.1) is 6.33 Å². The molecule has 4 bridgehead atoms. The van der Waals surface area contributed by atoms with E-state index in [1.54, 1.807) is 12.5 Å². The second kappa shape index (κ2) is 4.09. The lowest BCUT2D eigenvalue weighted by Crippen LogP contribution is -2.46. The quantitative estimate of drug-likeness (QED) is 0.909. The standard InChI is InChI=1S/C15H20N2O2/c18-15(19)14-7-17(8-16-14)6-13-11-2-9-1-10(4-11)5-12(13)3-9/h7-13H,1-6H2,(H,18,19). The highest BCUT2D eigenvalue weighted by Gasteiger charge is 2.47. The van der Waals surface area contributed by atoms with E-state index in [4.69, 9.17) is 5.11 Å². The molecule has 1 heterocycles. The number of rotatable bonds is 3. The summed E-state index contributed by atoms with van der Waals surface area (Å²) in [5.74, 6) is 3.58. The predicted octanol–water partition coefficient (Wildman–Crippen LogP) is 2.65. The molecule has 0 aromatic carbocycles. The van der Waals surface area contributed by atoms with E-state index in [1.807, 2.05) is 4.57 Å². The van der Waals surface area contributed by atoms with Gasteiger partial charge in [0.2, 0.25) is 0 Å². The molecule has 0 radical (unpaired) electrons. The van der Waals surface area contributed by atoms with Gasteiger partial charge >= 0.3 is 5.97 Å². The summed E-state index contributed by atoms with van der Waals surface area (Å²) in [7, 11) is 0. The zero-order valence-electron chi connectivity index (χ0n) is 11.0. The van der Waals surface area contributed by atoms with Crippen LogP contribution in [-0.4, -0.2) is 20.6 Å². The van der Waals surface area contributed by atoms with E-state index in [2.05, 4.69) is 4.98 Å². The van der Waals surface area contributed by atoms with Gasteiger partial charge in [0.15, 0.2) is 5.69 Å². The topological polar surface area (TPSA) is 55.1 Å². The molecule has 0 atom stereocenters. The van der Waals surface area contributed by atoms with Crippen molar-refractivity contribution >= 4 is 5.97 Å². The van der Waals surface area contributed by atoms with Gasteiger partial charge in [-0.3, -0.25) is 0 Å². The Balaban J connectivity index is 1.51. The van der Waals surface area contributed by atoms with Crippen LogP contribution >= 0.6 is 0 Å². The lowest BCUT2D eigenvalue weighted by atomic mass is 9.52. The molecule has 0 aliphatic heterocycles. The Morgan fingerprint density at radius 3 is 2.37 bits per heavy atom. The molecule has 0 saturated heterocycles. The fraction of sp³-hybridized carbons (Fsp3) is 0.733. The highest BCUT2D eigenvalue weighted by Crippen LogP contribution is 2.56. The molecule has 0 spiro atoms. The lowest BCUT2D eigenvalue weighted by molar-refractivity contribution is -0.0430. The number of aromatic nitrogens is 2. The molecular formula is C15H20N2O2. The van der Waals surface area contributed by atoms with Crippen molar-refractivity contribution in [2.24, 2.45) is 29.6 Å². The Kier molecular flexibility index (Phi) is 2.47. The summed E-state index contributed by atoms with van der Waals surface area (Å²) in [5, 5.41) is 8.93. The zero-order chi connectivity index (χ0) is 13.0. The summed E-state index contributed by atoms with van der Waals surface area (Å²) >= 11 is 0. The first-order valence-electron chi connectivity index (χ1n) is 7.44. The molecule has 0 amide bonds. The third-order valence-electron chi connectivity index (χ3n) is 5.70. The summed E-state index contributed by atoms with van der Waals surface area (Å²) < 4.78 is 2.00. The molecule has 19 heavy (non-hydrogen) atoms. The smallest absolute Gasteiger partial charge is 0.356 e.